The number of carbonyl (C=O) groups excluding carboxylic acids is 1. The van der Waals surface area contributed by atoms with E-state index in [2.05, 4.69) is 26.2 Å². The lowest BCUT2D eigenvalue weighted by atomic mass is 9.96. The SMILES string of the molecule is CCOC(=O)C1=C(C)NC(c2ncccc2Cl)=NC1c1ccccc1Br. The molecule has 0 amide bonds. The molecule has 0 saturated heterocycles. The first kappa shape index (κ1) is 18.6. The van der Waals surface area contributed by atoms with Crippen LogP contribution in [0.3, 0.4) is 0 Å². The maximum absolute atomic E-state index is 12.6. The van der Waals surface area contributed by atoms with Crippen LogP contribution in [0.5, 0.6) is 0 Å². The van der Waals surface area contributed by atoms with Crippen molar-refractivity contribution < 1.29 is 9.53 Å². The molecule has 1 aromatic carbocycles. The van der Waals surface area contributed by atoms with Crippen molar-refractivity contribution in [1.82, 2.24) is 10.3 Å². The van der Waals surface area contributed by atoms with Gasteiger partial charge in [-0.15, -0.1) is 0 Å². The van der Waals surface area contributed by atoms with Gasteiger partial charge in [0.2, 0.25) is 0 Å². The summed E-state index contributed by atoms with van der Waals surface area (Å²) >= 11 is 9.83. The number of rotatable bonds is 4. The summed E-state index contributed by atoms with van der Waals surface area (Å²) in [6.45, 7) is 3.89. The van der Waals surface area contributed by atoms with Gasteiger partial charge >= 0.3 is 5.97 Å². The van der Waals surface area contributed by atoms with Gasteiger partial charge in [-0.1, -0.05) is 45.7 Å². The highest BCUT2D eigenvalue weighted by Gasteiger charge is 2.32. The quantitative estimate of drug-likeness (QED) is 0.723. The van der Waals surface area contributed by atoms with Crippen LogP contribution >= 0.6 is 27.5 Å². The zero-order valence-electron chi connectivity index (χ0n) is 14.3. The second-order valence-electron chi connectivity index (χ2n) is 5.62. The monoisotopic (exact) mass is 433 g/mol. The Morgan fingerprint density at radius 2 is 2.08 bits per heavy atom. The summed E-state index contributed by atoms with van der Waals surface area (Å²) in [6, 6.07) is 10.6. The van der Waals surface area contributed by atoms with Gasteiger partial charge in [-0.3, -0.25) is 9.98 Å². The number of ether oxygens (including phenoxy) is 1. The van der Waals surface area contributed by atoms with Crippen LogP contribution in [0, 0.1) is 0 Å². The third kappa shape index (κ3) is 3.66. The largest absolute Gasteiger partial charge is 0.463 e. The Morgan fingerprint density at radius 3 is 2.77 bits per heavy atom. The number of nitrogens with one attached hydrogen (secondary N) is 1. The average Bonchev–Trinajstić information content (AvgIpc) is 2.62. The number of amidine groups is 1. The van der Waals surface area contributed by atoms with Crippen molar-refractivity contribution in [2.24, 2.45) is 4.99 Å². The lowest BCUT2D eigenvalue weighted by Crippen LogP contribution is -2.33. The molecule has 26 heavy (non-hydrogen) atoms. The molecule has 7 heteroatoms. The molecule has 2 aromatic rings. The minimum atomic E-state index is -0.529. The van der Waals surface area contributed by atoms with Crippen LogP contribution in [0.15, 0.2) is 63.3 Å². The number of esters is 1. The summed E-state index contributed by atoms with van der Waals surface area (Å²) in [6.07, 6.45) is 1.65. The topological polar surface area (TPSA) is 63.6 Å². The summed E-state index contributed by atoms with van der Waals surface area (Å²) < 4.78 is 6.10. The molecular weight excluding hydrogens is 418 g/mol. The molecule has 0 saturated carbocycles. The molecule has 0 fully saturated rings. The third-order valence-corrected chi connectivity index (χ3v) is 4.95. The highest BCUT2D eigenvalue weighted by molar-refractivity contribution is 9.10. The molecule has 2 heterocycles. The Balaban J connectivity index is 2.14. The Morgan fingerprint density at radius 1 is 1.31 bits per heavy atom. The van der Waals surface area contributed by atoms with E-state index in [1.807, 2.05) is 31.2 Å². The Hall–Kier alpha value is -2.18. The summed E-state index contributed by atoms with van der Waals surface area (Å²) in [4.78, 5) is 21.6. The number of allylic oxidation sites excluding steroid dienone is 1. The van der Waals surface area contributed by atoms with Gasteiger partial charge in [0.05, 0.1) is 17.2 Å². The van der Waals surface area contributed by atoms with Crippen LogP contribution in [-0.2, 0) is 9.53 Å². The van der Waals surface area contributed by atoms with E-state index in [4.69, 9.17) is 21.3 Å². The second-order valence-corrected chi connectivity index (χ2v) is 6.88. The number of carbonyl (C=O) groups is 1. The molecule has 0 aliphatic carbocycles. The van der Waals surface area contributed by atoms with Crippen LogP contribution < -0.4 is 5.32 Å². The van der Waals surface area contributed by atoms with Gasteiger partial charge in [-0.05, 0) is 37.6 Å². The van der Waals surface area contributed by atoms with Crippen LogP contribution in [0.4, 0.5) is 0 Å². The minimum Gasteiger partial charge on any atom is -0.463 e. The van der Waals surface area contributed by atoms with Crippen molar-refractivity contribution in [3.8, 4) is 0 Å². The van der Waals surface area contributed by atoms with Crippen LogP contribution in [0.2, 0.25) is 5.02 Å². The number of halogens is 2. The molecule has 3 rings (SSSR count). The zero-order valence-corrected chi connectivity index (χ0v) is 16.6. The third-order valence-electron chi connectivity index (χ3n) is 3.92. The number of pyridine rings is 1. The molecule has 1 N–H and O–H groups in total. The number of nitrogens with zero attached hydrogens (tertiary/aromatic N) is 2. The zero-order chi connectivity index (χ0) is 18.7. The Kier molecular flexibility index (Phi) is 5.74. The van der Waals surface area contributed by atoms with Crippen molar-refractivity contribution in [1.29, 1.82) is 0 Å². The van der Waals surface area contributed by atoms with Gasteiger partial charge < -0.3 is 10.1 Å². The molecule has 1 atom stereocenters. The summed E-state index contributed by atoms with van der Waals surface area (Å²) in [5.74, 6) is 0.120. The van der Waals surface area contributed by atoms with Crippen LogP contribution in [0.1, 0.15) is 31.1 Å². The van der Waals surface area contributed by atoms with Gasteiger partial charge in [-0.2, -0.15) is 0 Å². The lowest BCUT2D eigenvalue weighted by Gasteiger charge is -2.26. The molecule has 1 unspecified atom stereocenters. The van der Waals surface area contributed by atoms with Gasteiger partial charge in [-0.25, -0.2) is 4.79 Å². The van der Waals surface area contributed by atoms with Crippen molar-refractivity contribution in [2.45, 2.75) is 19.9 Å². The number of benzene rings is 1. The molecule has 5 nitrogen and oxygen atoms in total. The Bertz CT molecular complexity index is 911. The minimum absolute atomic E-state index is 0.293. The first-order valence-electron chi connectivity index (χ1n) is 8.11. The van der Waals surface area contributed by atoms with E-state index in [1.165, 1.54) is 0 Å². The van der Waals surface area contributed by atoms with Crippen LogP contribution in [-0.4, -0.2) is 23.4 Å². The maximum atomic E-state index is 12.6. The van der Waals surface area contributed by atoms with E-state index in [1.54, 1.807) is 25.3 Å². The number of hydrogen-bond donors (Lipinski definition) is 1. The smallest absolute Gasteiger partial charge is 0.338 e. The standard InChI is InChI=1S/C19H17BrClN3O2/c1-3-26-19(25)15-11(2)23-18(17-14(21)9-6-10-22-17)24-16(15)12-7-4-5-8-13(12)20/h4-10,16H,3H2,1-2H3,(H,23,24). The van der Waals surface area contributed by atoms with E-state index in [9.17, 15) is 4.79 Å². The Labute approximate surface area is 165 Å². The van der Waals surface area contributed by atoms with Crippen molar-refractivity contribution in [2.75, 3.05) is 6.61 Å². The molecule has 0 bridgehead atoms. The first-order chi connectivity index (χ1) is 12.5. The van der Waals surface area contributed by atoms with E-state index in [0.717, 1.165) is 10.0 Å². The van der Waals surface area contributed by atoms with Crippen LogP contribution in [0.25, 0.3) is 0 Å². The first-order valence-corrected chi connectivity index (χ1v) is 9.28. The lowest BCUT2D eigenvalue weighted by molar-refractivity contribution is -0.138. The fourth-order valence-corrected chi connectivity index (χ4v) is 3.46. The number of hydrogen-bond acceptors (Lipinski definition) is 5. The highest BCUT2D eigenvalue weighted by Crippen LogP contribution is 2.36. The predicted octanol–water partition coefficient (Wildman–Crippen LogP) is 4.43. The fourth-order valence-electron chi connectivity index (χ4n) is 2.75. The maximum Gasteiger partial charge on any atom is 0.338 e. The molecule has 1 aliphatic rings. The van der Waals surface area contributed by atoms with E-state index < -0.39 is 12.0 Å². The van der Waals surface area contributed by atoms with E-state index in [-0.39, 0.29) is 0 Å². The summed E-state index contributed by atoms with van der Waals surface area (Å²) in [5.41, 5.74) is 2.53. The molecule has 1 aromatic heterocycles. The second kappa shape index (κ2) is 8.01. The summed E-state index contributed by atoms with van der Waals surface area (Å²) in [5, 5.41) is 3.63. The predicted molar refractivity (Wildman–Crippen MR) is 105 cm³/mol. The normalized spacial score (nSPS) is 16.8. The van der Waals surface area contributed by atoms with E-state index >= 15 is 0 Å². The van der Waals surface area contributed by atoms with Gasteiger partial charge in [0.25, 0.3) is 0 Å². The van der Waals surface area contributed by atoms with Gasteiger partial charge in [0.15, 0.2) is 5.84 Å². The highest BCUT2D eigenvalue weighted by atomic mass is 79.9. The number of aliphatic imine (C=N–C) groups is 1. The van der Waals surface area contributed by atoms with Gasteiger partial charge in [0, 0.05) is 16.4 Å². The fraction of sp³-hybridized carbons (Fsp3) is 0.211. The van der Waals surface area contributed by atoms with Gasteiger partial charge in [0.1, 0.15) is 11.7 Å². The van der Waals surface area contributed by atoms with Crippen molar-refractivity contribution in [3.05, 3.63) is 74.6 Å². The molecular formula is C19H17BrClN3O2. The van der Waals surface area contributed by atoms with E-state index in [0.29, 0.717) is 34.4 Å². The number of aromatic nitrogens is 1. The molecule has 0 spiro atoms. The summed E-state index contributed by atoms with van der Waals surface area (Å²) in [7, 11) is 0. The molecule has 1 aliphatic heterocycles. The molecule has 0 radical (unpaired) electrons. The van der Waals surface area contributed by atoms with Crippen molar-refractivity contribution >= 4 is 39.3 Å². The van der Waals surface area contributed by atoms with Crippen molar-refractivity contribution in [3.63, 3.8) is 0 Å². The average molecular weight is 435 g/mol. The molecule has 134 valence electrons.